The summed E-state index contributed by atoms with van der Waals surface area (Å²) in [6.07, 6.45) is 1.65. The van der Waals surface area contributed by atoms with Crippen LogP contribution in [0.2, 0.25) is 5.15 Å². The standard InChI is InChI=1S/C18H15ClN6/c1-12-14(17(19)25(24-12)13-7-3-2-4-8-13)11-20-23-18-21-15-9-5-6-10-16(15)22-18/h2-11H,1H3,(H2,21,22,23)/b20-11+. The molecular formula is C18H15ClN6. The van der Waals surface area contributed by atoms with Crippen molar-refractivity contribution in [1.29, 1.82) is 0 Å². The number of benzene rings is 2. The summed E-state index contributed by atoms with van der Waals surface area (Å²) in [7, 11) is 0. The number of aryl methyl sites for hydroxylation is 1. The van der Waals surface area contributed by atoms with Gasteiger partial charge in [0.05, 0.1) is 34.2 Å². The van der Waals surface area contributed by atoms with Gasteiger partial charge in [0.1, 0.15) is 5.15 Å². The monoisotopic (exact) mass is 350 g/mol. The number of nitrogens with one attached hydrogen (secondary N) is 2. The van der Waals surface area contributed by atoms with Crippen LogP contribution >= 0.6 is 11.6 Å². The number of imidazole rings is 1. The first-order valence-corrected chi connectivity index (χ1v) is 8.14. The van der Waals surface area contributed by atoms with Crippen molar-refractivity contribution in [2.45, 2.75) is 6.92 Å². The maximum atomic E-state index is 6.47. The van der Waals surface area contributed by atoms with Gasteiger partial charge in [-0.1, -0.05) is 41.9 Å². The van der Waals surface area contributed by atoms with Crippen molar-refractivity contribution in [2.75, 3.05) is 5.43 Å². The lowest BCUT2D eigenvalue weighted by molar-refractivity contribution is 0.863. The van der Waals surface area contributed by atoms with Gasteiger partial charge < -0.3 is 4.98 Å². The summed E-state index contributed by atoms with van der Waals surface area (Å²) in [5, 5.41) is 9.23. The molecule has 0 spiro atoms. The highest BCUT2D eigenvalue weighted by atomic mass is 35.5. The Kier molecular flexibility index (Phi) is 3.95. The van der Waals surface area contributed by atoms with Gasteiger partial charge in [0.25, 0.3) is 0 Å². The van der Waals surface area contributed by atoms with E-state index in [1.54, 1.807) is 10.9 Å². The summed E-state index contributed by atoms with van der Waals surface area (Å²) in [6, 6.07) is 17.5. The second-order valence-corrected chi connectivity index (χ2v) is 5.87. The first-order chi connectivity index (χ1) is 12.2. The van der Waals surface area contributed by atoms with Gasteiger partial charge in [-0.25, -0.2) is 15.1 Å². The van der Waals surface area contributed by atoms with Crippen LogP contribution in [0.1, 0.15) is 11.3 Å². The second kappa shape index (κ2) is 6.41. The minimum absolute atomic E-state index is 0.513. The van der Waals surface area contributed by atoms with Crippen LogP contribution in [-0.4, -0.2) is 26.0 Å². The average Bonchev–Trinajstić information content (AvgIpc) is 3.17. The number of hydrogen-bond acceptors (Lipinski definition) is 4. The molecule has 0 unspecified atom stereocenters. The highest BCUT2D eigenvalue weighted by molar-refractivity contribution is 6.32. The molecule has 4 aromatic rings. The molecular weight excluding hydrogens is 336 g/mol. The molecule has 0 fully saturated rings. The highest BCUT2D eigenvalue weighted by Crippen LogP contribution is 2.22. The maximum absolute atomic E-state index is 6.47. The molecule has 124 valence electrons. The SMILES string of the molecule is Cc1nn(-c2ccccc2)c(Cl)c1/C=N/Nc1nc2ccccc2[nH]1. The van der Waals surface area contributed by atoms with E-state index in [0.29, 0.717) is 11.1 Å². The molecule has 0 amide bonds. The molecule has 2 aromatic carbocycles. The zero-order valence-corrected chi connectivity index (χ0v) is 14.2. The molecule has 25 heavy (non-hydrogen) atoms. The van der Waals surface area contributed by atoms with E-state index in [1.165, 1.54) is 0 Å². The number of hydrogen-bond donors (Lipinski definition) is 2. The van der Waals surface area contributed by atoms with Crippen molar-refractivity contribution in [2.24, 2.45) is 5.10 Å². The number of hydrazone groups is 1. The van der Waals surface area contributed by atoms with E-state index in [0.717, 1.165) is 28.0 Å². The molecule has 4 rings (SSSR count). The van der Waals surface area contributed by atoms with Crippen molar-refractivity contribution >= 4 is 34.8 Å². The lowest BCUT2D eigenvalue weighted by atomic mass is 10.3. The van der Waals surface area contributed by atoms with Gasteiger partial charge in [-0.2, -0.15) is 10.2 Å². The zero-order valence-electron chi connectivity index (χ0n) is 13.4. The van der Waals surface area contributed by atoms with Crippen molar-refractivity contribution in [3.63, 3.8) is 0 Å². The van der Waals surface area contributed by atoms with Crippen LogP contribution in [0.15, 0.2) is 59.7 Å². The predicted octanol–water partition coefficient (Wildman–Crippen LogP) is 4.16. The Morgan fingerprint density at radius 1 is 1.12 bits per heavy atom. The molecule has 0 aliphatic carbocycles. The van der Waals surface area contributed by atoms with Crippen LogP contribution in [0.4, 0.5) is 5.95 Å². The van der Waals surface area contributed by atoms with Gasteiger partial charge in [-0.15, -0.1) is 0 Å². The molecule has 2 heterocycles. The number of para-hydroxylation sites is 3. The lowest BCUT2D eigenvalue weighted by Gasteiger charge is -2.01. The fourth-order valence-corrected chi connectivity index (χ4v) is 2.88. The van der Waals surface area contributed by atoms with E-state index in [9.17, 15) is 0 Å². The predicted molar refractivity (Wildman–Crippen MR) is 101 cm³/mol. The molecule has 2 N–H and O–H groups in total. The molecule has 0 saturated heterocycles. The summed E-state index contributed by atoms with van der Waals surface area (Å²) in [5.74, 6) is 0.571. The largest absolute Gasteiger partial charge is 0.323 e. The van der Waals surface area contributed by atoms with E-state index in [1.807, 2.05) is 61.5 Å². The molecule has 0 aliphatic heterocycles. The molecule has 0 saturated carbocycles. The Morgan fingerprint density at radius 2 is 1.88 bits per heavy atom. The highest BCUT2D eigenvalue weighted by Gasteiger charge is 2.12. The van der Waals surface area contributed by atoms with E-state index >= 15 is 0 Å². The minimum Gasteiger partial charge on any atom is -0.323 e. The first-order valence-electron chi connectivity index (χ1n) is 7.77. The topological polar surface area (TPSA) is 70.9 Å². The fraction of sp³-hybridized carbons (Fsp3) is 0.0556. The number of aromatic nitrogens is 4. The van der Waals surface area contributed by atoms with Crippen molar-refractivity contribution in [1.82, 2.24) is 19.7 Å². The Labute approximate surface area is 149 Å². The number of nitrogens with zero attached hydrogens (tertiary/aromatic N) is 4. The minimum atomic E-state index is 0.513. The maximum Gasteiger partial charge on any atom is 0.222 e. The molecule has 0 aliphatic rings. The number of halogens is 1. The Morgan fingerprint density at radius 3 is 2.68 bits per heavy atom. The van der Waals surface area contributed by atoms with Crippen LogP contribution in [-0.2, 0) is 0 Å². The second-order valence-electron chi connectivity index (χ2n) is 5.51. The summed E-state index contributed by atoms with van der Waals surface area (Å²) < 4.78 is 1.69. The Balaban J connectivity index is 1.58. The van der Waals surface area contributed by atoms with Crippen LogP contribution in [0.5, 0.6) is 0 Å². The third kappa shape index (κ3) is 2.99. The van der Waals surface area contributed by atoms with E-state index < -0.39 is 0 Å². The van der Waals surface area contributed by atoms with Crippen LogP contribution in [0.25, 0.3) is 16.7 Å². The summed E-state index contributed by atoms with van der Waals surface area (Å²) in [5.41, 5.74) is 7.18. The van der Waals surface area contributed by atoms with Gasteiger partial charge in [0.15, 0.2) is 0 Å². The van der Waals surface area contributed by atoms with Gasteiger partial charge >= 0.3 is 0 Å². The van der Waals surface area contributed by atoms with Crippen molar-refractivity contribution in [3.8, 4) is 5.69 Å². The van der Waals surface area contributed by atoms with Crippen molar-refractivity contribution < 1.29 is 0 Å². The molecule has 2 aromatic heterocycles. The van der Waals surface area contributed by atoms with Crippen LogP contribution in [0.3, 0.4) is 0 Å². The van der Waals surface area contributed by atoms with E-state index in [4.69, 9.17) is 11.6 Å². The number of fused-ring (bicyclic) bond motifs is 1. The third-order valence-corrected chi connectivity index (χ3v) is 4.17. The molecule has 6 nitrogen and oxygen atoms in total. The van der Waals surface area contributed by atoms with Gasteiger partial charge in [-0.3, -0.25) is 0 Å². The number of aromatic amines is 1. The number of rotatable bonds is 4. The van der Waals surface area contributed by atoms with Crippen LogP contribution < -0.4 is 5.43 Å². The first kappa shape index (κ1) is 15.4. The van der Waals surface area contributed by atoms with E-state index in [-0.39, 0.29) is 0 Å². The summed E-state index contributed by atoms with van der Waals surface area (Å²) in [4.78, 5) is 7.56. The normalized spacial score (nSPS) is 11.4. The Bertz CT molecular complexity index is 1020. The molecule has 0 atom stereocenters. The van der Waals surface area contributed by atoms with Gasteiger partial charge in [0.2, 0.25) is 5.95 Å². The number of H-pyrrole nitrogens is 1. The van der Waals surface area contributed by atoms with E-state index in [2.05, 4.69) is 25.6 Å². The van der Waals surface area contributed by atoms with Crippen molar-refractivity contribution in [3.05, 3.63) is 71.0 Å². The summed E-state index contributed by atoms with van der Waals surface area (Å²) >= 11 is 6.47. The molecule has 7 heteroatoms. The average molecular weight is 351 g/mol. The lowest BCUT2D eigenvalue weighted by Crippen LogP contribution is -1.96. The fourth-order valence-electron chi connectivity index (χ4n) is 2.56. The van der Waals surface area contributed by atoms with Crippen LogP contribution in [0, 0.1) is 6.92 Å². The quantitative estimate of drug-likeness (QED) is 0.429. The molecule has 0 radical (unpaired) electrons. The Hall–Kier alpha value is -3.12. The zero-order chi connectivity index (χ0) is 17.2. The summed E-state index contributed by atoms with van der Waals surface area (Å²) in [6.45, 7) is 1.90. The van der Waals surface area contributed by atoms with Gasteiger partial charge in [-0.05, 0) is 31.2 Å². The van der Waals surface area contributed by atoms with Gasteiger partial charge in [0, 0.05) is 0 Å². The smallest absolute Gasteiger partial charge is 0.222 e. The number of anilines is 1. The molecule has 0 bridgehead atoms. The third-order valence-electron chi connectivity index (χ3n) is 3.80.